The van der Waals surface area contributed by atoms with Crippen molar-refractivity contribution in [1.29, 1.82) is 0 Å². The number of carbonyl (C=O) groups is 2. The molecule has 0 aromatic carbocycles. The van der Waals surface area contributed by atoms with Crippen molar-refractivity contribution in [3.05, 3.63) is 0 Å². The van der Waals surface area contributed by atoms with Crippen molar-refractivity contribution in [3.63, 3.8) is 0 Å². The van der Waals surface area contributed by atoms with Crippen LogP contribution in [0.1, 0.15) is 54.9 Å². The number of aliphatic imine (C=N–C) groups is 1. The smallest absolute Gasteiger partial charge is 0.410 e. The molecule has 0 atom stereocenters. The maximum Gasteiger partial charge on any atom is 0.410 e. The zero-order valence-corrected chi connectivity index (χ0v) is 20.0. The summed E-state index contributed by atoms with van der Waals surface area (Å²) in [6, 6.07) is 0.0818. The Kier molecular flexibility index (Phi) is 19.5. The van der Waals surface area contributed by atoms with Gasteiger partial charge in [0.25, 0.3) is 0 Å². The van der Waals surface area contributed by atoms with E-state index in [1.54, 1.807) is 4.90 Å². The lowest BCUT2D eigenvalue weighted by atomic mass is 10.2. The number of nitrogens with one attached hydrogen (secondary N) is 3. The van der Waals surface area contributed by atoms with E-state index < -0.39 is 0 Å². The summed E-state index contributed by atoms with van der Waals surface area (Å²) in [4.78, 5) is 39.0. The predicted molar refractivity (Wildman–Crippen MR) is 129 cm³/mol. The molecule has 2 fully saturated rings. The van der Waals surface area contributed by atoms with Crippen molar-refractivity contribution >= 4 is 18.2 Å². The Morgan fingerprint density at radius 3 is 1.84 bits per heavy atom. The number of hydrogen-bond acceptors (Lipinski definition) is 7. The zero-order valence-electron chi connectivity index (χ0n) is 20.0. The topological polar surface area (TPSA) is 115 Å². The van der Waals surface area contributed by atoms with Crippen LogP contribution in [0.15, 0.2) is 4.99 Å². The van der Waals surface area contributed by atoms with Crippen LogP contribution in [0.2, 0.25) is 0 Å². The van der Waals surface area contributed by atoms with Gasteiger partial charge in [-0.1, -0.05) is 21.3 Å². The molecule has 0 spiro atoms. The average Bonchev–Trinajstić information content (AvgIpc) is 2.77. The first-order valence-electron chi connectivity index (χ1n) is 11.2. The van der Waals surface area contributed by atoms with Crippen LogP contribution in [-0.2, 0) is 9.53 Å². The summed E-state index contributed by atoms with van der Waals surface area (Å²) in [5, 5.41) is 9.25. The van der Waals surface area contributed by atoms with Gasteiger partial charge in [-0.3, -0.25) is 0 Å². The summed E-state index contributed by atoms with van der Waals surface area (Å²) in [6.45, 7) is 17.8. The van der Waals surface area contributed by atoms with Crippen LogP contribution in [0.5, 0.6) is 0 Å². The average molecular weight is 459 g/mol. The Hall–Kier alpha value is -2.16. The molecule has 2 heterocycles. The number of hydrogen-bond donors (Lipinski definition) is 3. The lowest BCUT2D eigenvalue weighted by molar-refractivity contribution is 0.0229. The minimum Gasteiger partial charge on any atom is -0.444 e. The number of urea groups is 1. The Balaban J connectivity index is 0. The van der Waals surface area contributed by atoms with Crippen molar-refractivity contribution in [2.75, 3.05) is 65.4 Å². The van der Waals surface area contributed by atoms with E-state index in [2.05, 4.69) is 27.9 Å². The standard InChI is InChI=1S/C9H18N2O2.C8H17N3O.C4H7NO.CH4/c1-9(2,3)13-8(12)11-6-4-10-5-7-11;1-2-3-10-8(12)11-6-4-9-5-7-11;1-2-3-5-4-6;/h10H,4-7H2,1-3H3;9H,2-7H2,1H3,(H,10,12);2-3H2,1H3;1H4. The minimum atomic E-state index is -0.387. The van der Waals surface area contributed by atoms with E-state index in [0.717, 1.165) is 71.7 Å². The molecular weight excluding hydrogens is 412 g/mol. The van der Waals surface area contributed by atoms with Gasteiger partial charge in [-0.05, 0) is 33.6 Å². The van der Waals surface area contributed by atoms with Crippen molar-refractivity contribution < 1.29 is 19.1 Å². The highest BCUT2D eigenvalue weighted by atomic mass is 16.6. The third-order valence-corrected chi connectivity index (χ3v) is 4.10. The van der Waals surface area contributed by atoms with Crippen LogP contribution in [-0.4, -0.2) is 99.1 Å². The molecule has 32 heavy (non-hydrogen) atoms. The van der Waals surface area contributed by atoms with Gasteiger partial charge in [0, 0.05) is 58.9 Å². The number of amides is 3. The quantitative estimate of drug-likeness (QED) is 0.439. The van der Waals surface area contributed by atoms with Gasteiger partial charge in [0.2, 0.25) is 6.08 Å². The normalized spacial score (nSPS) is 15.4. The largest absolute Gasteiger partial charge is 0.444 e. The predicted octanol–water partition coefficient (Wildman–Crippen LogP) is 2.21. The Morgan fingerprint density at radius 2 is 1.47 bits per heavy atom. The molecule has 2 aliphatic rings. The maximum absolute atomic E-state index is 11.5. The van der Waals surface area contributed by atoms with Crippen LogP contribution in [0.3, 0.4) is 0 Å². The Labute approximate surface area is 194 Å². The third-order valence-electron chi connectivity index (χ3n) is 4.10. The summed E-state index contributed by atoms with van der Waals surface area (Å²) in [6.07, 6.45) is 3.17. The number of ether oxygens (including phenoxy) is 1. The molecule has 188 valence electrons. The molecule has 10 nitrogen and oxygen atoms in total. The molecule has 0 bridgehead atoms. The van der Waals surface area contributed by atoms with Crippen molar-refractivity contribution in [2.45, 2.75) is 60.5 Å². The monoisotopic (exact) mass is 458 g/mol. The molecule has 0 aliphatic carbocycles. The molecule has 3 amide bonds. The summed E-state index contributed by atoms with van der Waals surface area (Å²) >= 11 is 0. The summed E-state index contributed by atoms with van der Waals surface area (Å²) < 4.78 is 5.24. The van der Waals surface area contributed by atoms with Crippen LogP contribution in [0.4, 0.5) is 9.59 Å². The first kappa shape index (κ1) is 32.0. The molecule has 10 heteroatoms. The van der Waals surface area contributed by atoms with Crippen LogP contribution < -0.4 is 16.0 Å². The molecular formula is C22H46N6O4. The molecule has 3 N–H and O–H groups in total. The lowest BCUT2D eigenvalue weighted by Crippen LogP contribution is -2.50. The van der Waals surface area contributed by atoms with Gasteiger partial charge in [-0.25, -0.2) is 19.4 Å². The second-order valence-electron chi connectivity index (χ2n) is 8.16. The molecule has 0 saturated carbocycles. The summed E-state index contributed by atoms with van der Waals surface area (Å²) in [5.74, 6) is 0. The highest BCUT2D eigenvalue weighted by Crippen LogP contribution is 2.10. The third kappa shape index (κ3) is 17.5. The van der Waals surface area contributed by atoms with Gasteiger partial charge in [0.05, 0.1) is 6.54 Å². The van der Waals surface area contributed by atoms with Gasteiger partial charge < -0.3 is 30.5 Å². The number of carbonyl (C=O) groups excluding carboxylic acids is 3. The second-order valence-corrected chi connectivity index (χ2v) is 8.16. The number of isocyanates is 1. The Morgan fingerprint density at radius 1 is 0.969 bits per heavy atom. The molecule has 2 rings (SSSR count). The fourth-order valence-corrected chi connectivity index (χ4v) is 2.54. The van der Waals surface area contributed by atoms with Gasteiger partial charge in [0.15, 0.2) is 0 Å². The van der Waals surface area contributed by atoms with E-state index >= 15 is 0 Å². The van der Waals surface area contributed by atoms with E-state index in [-0.39, 0.29) is 25.2 Å². The summed E-state index contributed by atoms with van der Waals surface area (Å²) in [7, 11) is 0. The van der Waals surface area contributed by atoms with E-state index in [0.29, 0.717) is 6.54 Å². The number of rotatable bonds is 4. The SMILES string of the molecule is C.CC(C)(C)OC(=O)N1CCNCC1.CCCN=C=O.CCCNC(=O)N1CCNCC1. The van der Waals surface area contributed by atoms with Gasteiger partial charge in [-0.2, -0.15) is 0 Å². The fourth-order valence-electron chi connectivity index (χ4n) is 2.54. The molecule has 0 unspecified atom stereocenters. The van der Waals surface area contributed by atoms with Crippen LogP contribution in [0.25, 0.3) is 0 Å². The first-order valence-corrected chi connectivity index (χ1v) is 11.2. The van der Waals surface area contributed by atoms with E-state index in [4.69, 9.17) is 4.74 Å². The van der Waals surface area contributed by atoms with E-state index in [1.807, 2.05) is 32.6 Å². The number of piperazine rings is 2. The van der Waals surface area contributed by atoms with Crippen molar-refractivity contribution in [2.24, 2.45) is 4.99 Å². The van der Waals surface area contributed by atoms with Gasteiger partial charge >= 0.3 is 12.1 Å². The van der Waals surface area contributed by atoms with Gasteiger partial charge in [0.1, 0.15) is 5.60 Å². The molecule has 0 aromatic heterocycles. The molecule has 0 radical (unpaired) electrons. The first-order chi connectivity index (χ1) is 14.7. The van der Waals surface area contributed by atoms with Crippen LogP contribution in [0, 0.1) is 0 Å². The van der Waals surface area contributed by atoms with E-state index in [9.17, 15) is 14.4 Å². The second kappa shape index (κ2) is 19.5. The van der Waals surface area contributed by atoms with E-state index in [1.165, 1.54) is 6.08 Å². The molecule has 0 aromatic rings. The van der Waals surface area contributed by atoms with Crippen molar-refractivity contribution in [3.8, 4) is 0 Å². The highest BCUT2D eigenvalue weighted by molar-refractivity contribution is 5.74. The van der Waals surface area contributed by atoms with Crippen LogP contribution >= 0.6 is 0 Å². The number of nitrogens with zero attached hydrogens (tertiary/aromatic N) is 3. The zero-order chi connectivity index (χ0) is 23.5. The maximum atomic E-state index is 11.5. The minimum absolute atomic E-state index is 0. The molecule has 2 saturated heterocycles. The highest BCUT2D eigenvalue weighted by Gasteiger charge is 2.22. The Bertz CT molecular complexity index is 535. The fraction of sp³-hybridized carbons (Fsp3) is 0.864. The van der Waals surface area contributed by atoms with Gasteiger partial charge in [-0.15, -0.1) is 0 Å². The lowest BCUT2D eigenvalue weighted by Gasteiger charge is -2.30. The van der Waals surface area contributed by atoms with Crippen molar-refractivity contribution in [1.82, 2.24) is 25.8 Å². The molecule has 2 aliphatic heterocycles. The summed E-state index contributed by atoms with van der Waals surface area (Å²) in [5.41, 5.74) is -0.387.